The van der Waals surface area contributed by atoms with Gasteiger partial charge < -0.3 is 5.11 Å². The number of aromatic carboxylic acids is 1. The number of fused-ring (bicyclic) bond motifs is 1. The standard InChI is InChI=1S/C24H28O2/c1-23(2)14-15-24(3,4)21-16-18(10-13-20(21)23)7-5-6-17-8-11-19(12-9-17)22(25)26/h5-6,8-13,16H,7,14-15H2,1-4H3,(H,25,26)/b6-5+. The van der Waals surface area contributed by atoms with Gasteiger partial charge in [-0.2, -0.15) is 0 Å². The summed E-state index contributed by atoms with van der Waals surface area (Å²) in [6.45, 7) is 9.40. The summed E-state index contributed by atoms with van der Waals surface area (Å²) in [6.07, 6.45) is 7.55. The van der Waals surface area contributed by atoms with Crippen LogP contribution in [0.3, 0.4) is 0 Å². The minimum Gasteiger partial charge on any atom is -0.478 e. The highest BCUT2D eigenvalue weighted by Gasteiger charge is 2.36. The molecule has 0 saturated carbocycles. The zero-order chi connectivity index (χ0) is 18.9. The highest BCUT2D eigenvalue weighted by Crippen LogP contribution is 2.45. The second-order valence-electron chi connectivity index (χ2n) is 8.68. The molecule has 0 atom stereocenters. The van der Waals surface area contributed by atoms with Crippen LogP contribution in [0.2, 0.25) is 0 Å². The molecule has 0 spiro atoms. The van der Waals surface area contributed by atoms with E-state index in [2.05, 4.69) is 58.0 Å². The third-order valence-corrected chi connectivity index (χ3v) is 5.74. The molecule has 136 valence electrons. The molecule has 1 N–H and O–H groups in total. The molecule has 0 saturated heterocycles. The number of carbonyl (C=O) groups is 1. The molecule has 0 amide bonds. The topological polar surface area (TPSA) is 37.3 Å². The van der Waals surface area contributed by atoms with Gasteiger partial charge in [-0.15, -0.1) is 0 Å². The van der Waals surface area contributed by atoms with Crippen molar-refractivity contribution in [2.45, 2.75) is 57.8 Å². The molecule has 0 heterocycles. The van der Waals surface area contributed by atoms with Crippen molar-refractivity contribution < 1.29 is 9.90 Å². The Morgan fingerprint density at radius 3 is 2.19 bits per heavy atom. The van der Waals surface area contributed by atoms with Gasteiger partial charge in [-0.05, 0) is 64.5 Å². The molecule has 0 fully saturated rings. The Hall–Kier alpha value is -2.35. The van der Waals surface area contributed by atoms with E-state index < -0.39 is 5.97 Å². The summed E-state index contributed by atoms with van der Waals surface area (Å²) in [7, 11) is 0. The Balaban J connectivity index is 1.78. The van der Waals surface area contributed by atoms with Crippen LogP contribution in [0.25, 0.3) is 6.08 Å². The van der Waals surface area contributed by atoms with Gasteiger partial charge >= 0.3 is 5.97 Å². The van der Waals surface area contributed by atoms with E-state index in [-0.39, 0.29) is 10.8 Å². The van der Waals surface area contributed by atoms with Crippen molar-refractivity contribution in [2.75, 3.05) is 0 Å². The second kappa shape index (κ2) is 6.75. The van der Waals surface area contributed by atoms with Crippen molar-refractivity contribution in [1.82, 2.24) is 0 Å². The molecule has 0 unspecified atom stereocenters. The van der Waals surface area contributed by atoms with E-state index in [1.165, 1.54) is 29.5 Å². The smallest absolute Gasteiger partial charge is 0.335 e. The number of allylic oxidation sites excluding steroid dienone is 1. The third kappa shape index (κ3) is 3.75. The zero-order valence-electron chi connectivity index (χ0n) is 16.2. The summed E-state index contributed by atoms with van der Waals surface area (Å²) in [6, 6.07) is 13.9. The predicted octanol–water partition coefficient (Wildman–Crippen LogP) is 5.99. The van der Waals surface area contributed by atoms with Crippen LogP contribution in [0.5, 0.6) is 0 Å². The minimum atomic E-state index is -0.889. The van der Waals surface area contributed by atoms with Crippen molar-refractivity contribution in [2.24, 2.45) is 0 Å². The van der Waals surface area contributed by atoms with Crippen molar-refractivity contribution in [3.05, 3.63) is 76.4 Å². The Labute approximate surface area is 156 Å². The lowest BCUT2D eigenvalue weighted by molar-refractivity contribution is 0.0697. The summed E-state index contributed by atoms with van der Waals surface area (Å²) >= 11 is 0. The molecule has 2 aromatic carbocycles. The highest BCUT2D eigenvalue weighted by molar-refractivity contribution is 5.87. The van der Waals surface area contributed by atoms with Crippen molar-refractivity contribution >= 4 is 12.0 Å². The van der Waals surface area contributed by atoms with Gasteiger partial charge in [0.25, 0.3) is 0 Å². The van der Waals surface area contributed by atoms with E-state index in [1.54, 1.807) is 12.1 Å². The maximum absolute atomic E-state index is 10.9. The molecule has 2 nitrogen and oxygen atoms in total. The minimum absolute atomic E-state index is 0.233. The third-order valence-electron chi connectivity index (χ3n) is 5.74. The molecule has 26 heavy (non-hydrogen) atoms. The molecule has 0 radical (unpaired) electrons. The first-order chi connectivity index (χ1) is 12.2. The molecule has 2 aromatic rings. The molecule has 0 aliphatic heterocycles. The molecule has 0 aromatic heterocycles. The van der Waals surface area contributed by atoms with E-state index in [1.807, 2.05) is 12.1 Å². The number of benzene rings is 2. The lowest BCUT2D eigenvalue weighted by Gasteiger charge is -2.42. The van der Waals surface area contributed by atoms with Gasteiger partial charge in [0, 0.05) is 0 Å². The lowest BCUT2D eigenvalue weighted by atomic mass is 9.63. The van der Waals surface area contributed by atoms with Gasteiger partial charge in [-0.25, -0.2) is 4.79 Å². The number of hydrogen-bond acceptors (Lipinski definition) is 1. The summed E-state index contributed by atoms with van der Waals surface area (Å²) in [4.78, 5) is 10.9. The van der Waals surface area contributed by atoms with Gasteiger partial charge in [0.15, 0.2) is 0 Å². The molecule has 1 aliphatic rings. The van der Waals surface area contributed by atoms with E-state index in [9.17, 15) is 4.79 Å². The summed E-state index contributed by atoms with van der Waals surface area (Å²) in [5.74, 6) is -0.889. The summed E-state index contributed by atoms with van der Waals surface area (Å²) in [5, 5.41) is 8.96. The van der Waals surface area contributed by atoms with E-state index >= 15 is 0 Å². The number of hydrogen-bond donors (Lipinski definition) is 1. The fourth-order valence-corrected chi connectivity index (χ4v) is 3.83. The molecule has 1 aliphatic carbocycles. The number of carboxylic acid groups (broad SMARTS) is 1. The van der Waals surface area contributed by atoms with Crippen LogP contribution < -0.4 is 0 Å². The number of carboxylic acids is 1. The van der Waals surface area contributed by atoms with Crippen molar-refractivity contribution in [3.8, 4) is 0 Å². The zero-order valence-corrected chi connectivity index (χ0v) is 16.2. The molecular weight excluding hydrogens is 320 g/mol. The Kier molecular flexibility index (Phi) is 4.79. The quantitative estimate of drug-likeness (QED) is 0.737. The monoisotopic (exact) mass is 348 g/mol. The van der Waals surface area contributed by atoms with Gasteiger partial charge in [0.05, 0.1) is 5.56 Å². The van der Waals surface area contributed by atoms with Crippen molar-refractivity contribution in [1.29, 1.82) is 0 Å². The van der Waals surface area contributed by atoms with Crippen LogP contribution in [-0.4, -0.2) is 11.1 Å². The van der Waals surface area contributed by atoms with Crippen LogP contribution in [0.1, 0.15) is 73.1 Å². The Morgan fingerprint density at radius 1 is 0.962 bits per heavy atom. The summed E-state index contributed by atoms with van der Waals surface area (Å²) < 4.78 is 0. The summed E-state index contributed by atoms with van der Waals surface area (Å²) in [5.41, 5.74) is 6.14. The maximum Gasteiger partial charge on any atom is 0.335 e. The first-order valence-corrected chi connectivity index (χ1v) is 9.33. The molecule has 0 bridgehead atoms. The second-order valence-corrected chi connectivity index (χ2v) is 8.68. The fourth-order valence-electron chi connectivity index (χ4n) is 3.83. The van der Waals surface area contributed by atoms with Crippen LogP contribution in [0.4, 0.5) is 0 Å². The predicted molar refractivity (Wildman–Crippen MR) is 108 cm³/mol. The Bertz CT molecular complexity index is 839. The molecule has 3 rings (SSSR count). The first-order valence-electron chi connectivity index (χ1n) is 9.33. The average molecular weight is 348 g/mol. The van der Waals surface area contributed by atoms with Gasteiger partial charge in [0.2, 0.25) is 0 Å². The van der Waals surface area contributed by atoms with Crippen LogP contribution in [0.15, 0.2) is 48.5 Å². The first kappa shape index (κ1) is 18.4. The van der Waals surface area contributed by atoms with Gasteiger partial charge in [-0.1, -0.05) is 70.2 Å². The lowest BCUT2D eigenvalue weighted by Crippen LogP contribution is -2.33. The van der Waals surface area contributed by atoms with Gasteiger partial charge in [0.1, 0.15) is 0 Å². The van der Waals surface area contributed by atoms with E-state index in [4.69, 9.17) is 5.11 Å². The highest BCUT2D eigenvalue weighted by atomic mass is 16.4. The van der Waals surface area contributed by atoms with E-state index in [0.717, 1.165) is 12.0 Å². The fraction of sp³-hybridized carbons (Fsp3) is 0.375. The Morgan fingerprint density at radius 2 is 1.58 bits per heavy atom. The van der Waals surface area contributed by atoms with Crippen LogP contribution >= 0.6 is 0 Å². The van der Waals surface area contributed by atoms with E-state index in [0.29, 0.717) is 5.56 Å². The molecular formula is C24H28O2. The normalized spacial score (nSPS) is 17.8. The average Bonchev–Trinajstić information content (AvgIpc) is 2.59. The maximum atomic E-state index is 10.9. The van der Waals surface area contributed by atoms with Gasteiger partial charge in [-0.3, -0.25) is 0 Å². The van der Waals surface area contributed by atoms with Crippen molar-refractivity contribution in [3.63, 3.8) is 0 Å². The van der Waals surface area contributed by atoms with Crippen LogP contribution in [0, 0.1) is 0 Å². The number of rotatable bonds is 4. The van der Waals surface area contributed by atoms with Crippen LogP contribution in [-0.2, 0) is 17.3 Å². The largest absolute Gasteiger partial charge is 0.478 e. The molecule has 2 heteroatoms. The SMILES string of the molecule is CC1(C)CCC(C)(C)c2cc(C/C=C/c3ccc(C(=O)O)cc3)ccc21.